The monoisotopic (exact) mass is 256 g/mol. The molecule has 0 aliphatic rings. The summed E-state index contributed by atoms with van der Waals surface area (Å²) in [6.07, 6.45) is 1.67. The van der Waals surface area contributed by atoms with Crippen LogP contribution in [0.25, 0.3) is 0 Å². The number of carbonyl (C=O) groups is 1. The lowest BCUT2D eigenvalue weighted by Gasteiger charge is -2.08. The second kappa shape index (κ2) is 5.48. The molecule has 0 aliphatic heterocycles. The fraction of sp³-hybridized carbons (Fsp3) is 0.214. The van der Waals surface area contributed by atoms with Gasteiger partial charge in [0.05, 0.1) is 17.8 Å². The molecule has 0 saturated heterocycles. The van der Waals surface area contributed by atoms with Gasteiger partial charge < -0.3 is 11.1 Å². The second-order valence-corrected chi connectivity index (χ2v) is 4.37. The molecule has 0 radical (unpaired) electrons. The molecule has 0 fully saturated rings. The van der Waals surface area contributed by atoms with Gasteiger partial charge in [0, 0.05) is 11.9 Å². The van der Waals surface area contributed by atoms with E-state index in [0.717, 1.165) is 11.3 Å². The zero-order chi connectivity index (χ0) is 13.8. The van der Waals surface area contributed by atoms with Gasteiger partial charge >= 0.3 is 0 Å². The van der Waals surface area contributed by atoms with E-state index in [1.54, 1.807) is 24.4 Å². The first-order valence-electron chi connectivity index (χ1n) is 5.99. The summed E-state index contributed by atoms with van der Waals surface area (Å²) in [4.78, 5) is 20.3. The van der Waals surface area contributed by atoms with Crippen molar-refractivity contribution in [3.8, 4) is 0 Å². The third kappa shape index (κ3) is 3.28. The summed E-state index contributed by atoms with van der Waals surface area (Å²) in [7, 11) is 0. The number of nitrogens with one attached hydrogen (secondary N) is 1. The number of amides is 1. The quantitative estimate of drug-likeness (QED) is 0.817. The van der Waals surface area contributed by atoms with E-state index in [2.05, 4.69) is 15.3 Å². The summed E-state index contributed by atoms with van der Waals surface area (Å²) in [5.41, 5.74) is 8.53. The lowest BCUT2D eigenvalue weighted by molar-refractivity contribution is 0.0951. The molecule has 2 aromatic rings. The number of rotatable bonds is 3. The highest BCUT2D eigenvalue weighted by Gasteiger charge is 2.09. The molecule has 1 aromatic carbocycles. The first-order valence-corrected chi connectivity index (χ1v) is 5.99. The van der Waals surface area contributed by atoms with Crippen LogP contribution in [0.5, 0.6) is 0 Å². The number of aromatic nitrogens is 2. The lowest BCUT2D eigenvalue weighted by atomic mass is 10.1. The van der Waals surface area contributed by atoms with Crippen molar-refractivity contribution >= 4 is 11.6 Å². The fourth-order valence-electron chi connectivity index (χ4n) is 1.74. The molecule has 0 bridgehead atoms. The molecule has 0 saturated carbocycles. The molecular weight excluding hydrogens is 240 g/mol. The molecule has 0 aliphatic carbocycles. The van der Waals surface area contributed by atoms with Crippen LogP contribution >= 0.6 is 0 Å². The van der Waals surface area contributed by atoms with Gasteiger partial charge in [-0.25, -0.2) is 9.97 Å². The molecule has 1 aromatic heterocycles. The van der Waals surface area contributed by atoms with Gasteiger partial charge in [-0.05, 0) is 32.0 Å². The van der Waals surface area contributed by atoms with Crippen LogP contribution in [-0.4, -0.2) is 15.9 Å². The van der Waals surface area contributed by atoms with Crippen molar-refractivity contribution in [2.24, 2.45) is 0 Å². The standard InChI is InChI=1S/C14H16N4O/c1-9-3-4-13(15)12(7-9)14(19)17-8-11-5-6-16-10(2)18-11/h3-7H,8,15H2,1-2H3,(H,17,19). The van der Waals surface area contributed by atoms with Gasteiger partial charge in [-0.3, -0.25) is 4.79 Å². The van der Waals surface area contributed by atoms with Crippen molar-refractivity contribution in [3.05, 3.63) is 53.1 Å². The Bertz CT molecular complexity index is 610. The van der Waals surface area contributed by atoms with E-state index in [-0.39, 0.29) is 5.91 Å². The van der Waals surface area contributed by atoms with Crippen molar-refractivity contribution in [2.75, 3.05) is 5.73 Å². The van der Waals surface area contributed by atoms with E-state index < -0.39 is 0 Å². The van der Waals surface area contributed by atoms with Crippen LogP contribution in [0.1, 0.15) is 27.4 Å². The average Bonchev–Trinajstić information content (AvgIpc) is 2.39. The molecule has 1 amide bonds. The van der Waals surface area contributed by atoms with Crippen molar-refractivity contribution in [1.29, 1.82) is 0 Å². The number of carbonyl (C=O) groups excluding carboxylic acids is 1. The predicted octanol–water partition coefficient (Wildman–Crippen LogP) is 1.61. The molecule has 5 nitrogen and oxygen atoms in total. The lowest BCUT2D eigenvalue weighted by Crippen LogP contribution is -2.24. The van der Waals surface area contributed by atoms with Gasteiger partial charge in [0.25, 0.3) is 5.91 Å². The number of anilines is 1. The molecule has 0 unspecified atom stereocenters. The van der Waals surface area contributed by atoms with Crippen molar-refractivity contribution in [3.63, 3.8) is 0 Å². The first kappa shape index (κ1) is 13.0. The average molecular weight is 256 g/mol. The summed E-state index contributed by atoms with van der Waals surface area (Å²) in [5.74, 6) is 0.485. The number of nitrogens with zero attached hydrogens (tertiary/aromatic N) is 2. The summed E-state index contributed by atoms with van der Waals surface area (Å²) in [5, 5.41) is 2.80. The molecule has 5 heteroatoms. The zero-order valence-electron chi connectivity index (χ0n) is 11.0. The maximum atomic E-state index is 12.0. The molecule has 1 heterocycles. The van der Waals surface area contributed by atoms with E-state index in [1.165, 1.54) is 0 Å². The van der Waals surface area contributed by atoms with E-state index in [4.69, 9.17) is 5.73 Å². The SMILES string of the molecule is Cc1ccc(N)c(C(=O)NCc2ccnc(C)n2)c1. The number of hydrogen-bond donors (Lipinski definition) is 2. The predicted molar refractivity (Wildman–Crippen MR) is 73.5 cm³/mol. The summed E-state index contributed by atoms with van der Waals surface area (Å²) >= 11 is 0. The van der Waals surface area contributed by atoms with E-state index in [1.807, 2.05) is 19.9 Å². The minimum absolute atomic E-state index is 0.197. The Kier molecular flexibility index (Phi) is 3.75. The van der Waals surface area contributed by atoms with Gasteiger partial charge in [-0.15, -0.1) is 0 Å². The smallest absolute Gasteiger partial charge is 0.253 e. The summed E-state index contributed by atoms with van der Waals surface area (Å²) < 4.78 is 0. The summed E-state index contributed by atoms with van der Waals surface area (Å²) in [6.45, 7) is 4.09. The number of nitrogens with two attached hydrogens (primary N) is 1. The molecule has 19 heavy (non-hydrogen) atoms. The Morgan fingerprint density at radius 3 is 2.84 bits per heavy atom. The molecule has 98 valence electrons. The first-order chi connectivity index (χ1) is 9.06. The Morgan fingerprint density at radius 1 is 1.32 bits per heavy atom. The highest BCUT2D eigenvalue weighted by atomic mass is 16.1. The van der Waals surface area contributed by atoms with E-state index >= 15 is 0 Å². The van der Waals surface area contributed by atoms with Gasteiger partial charge in [-0.2, -0.15) is 0 Å². The number of nitrogen functional groups attached to an aromatic ring is 1. The van der Waals surface area contributed by atoms with Crippen LogP contribution in [0.15, 0.2) is 30.5 Å². The Morgan fingerprint density at radius 2 is 2.11 bits per heavy atom. The number of aryl methyl sites for hydroxylation is 2. The topological polar surface area (TPSA) is 80.9 Å². The van der Waals surface area contributed by atoms with Gasteiger partial charge in [0.15, 0.2) is 0 Å². The Balaban J connectivity index is 2.07. The molecule has 0 atom stereocenters. The largest absolute Gasteiger partial charge is 0.398 e. The minimum atomic E-state index is -0.197. The van der Waals surface area contributed by atoms with Crippen molar-refractivity contribution < 1.29 is 4.79 Å². The molecular formula is C14H16N4O. The Hall–Kier alpha value is -2.43. The van der Waals surface area contributed by atoms with Crippen molar-refractivity contribution in [1.82, 2.24) is 15.3 Å². The van der Waals surface area contributed by atoms with Crippen LogP contribution in [-0.2, 0) is 6.54 Å². The number of benzene rings is 1. The minimum Gasteiger partial charge on any atom is -0.398 e. The second-order valence-electron chi connectivity index (χ2n) is 4.37. The fourth-order valence-corrected chi connectivity index (χ4v) is 1.74. The van der Waals surface area contributed by atoms with Gasteiger partial charge in [-0.1, -0.05) is 11.6 Å². The third-order valence-electron chi connectivity index (χ3n) is 2.72. The highest BCUT2D eigenvalue weighted by molar-refractivity contribution is 5.99. The zero-order valence-corrected chi connectivity index (χ0v) is 11.0. The van der Waals surface area contributed by atoms with E-state index in [9.17, 15) is 4.79 Å². The van der Waals surface area contributed by atoms with Crippen LogP contribution in [0, 0.1) is 13.8 Å². The van der Waals surface area contributed by atoms with Crippen LogP contribution < -0.4 is 11.1 Å². The van der Waals surface area contributed by atoms with Crippen molar-refractivity contribution in [2.45, 2.75) is 20.4 Å². The highest BCUT2D eigenvalue weighted by Crippen LogP contribution is 2.13. The van der Waals surface area contributed by atoms with Crippen LogP contribution in [0.3, 0.4) is 0 Å². The third-order valence-corrected chi connectivity index (χ3v) is 2.72. The summed E-state index contributed by atoms with van der Waals surface area (Å²) in [6, 6.07) is 7.15. The van der Waals surface area contributed by atoms with Crippen LogP contribution in [0.2, 0.25) is 0 Å². The van der Waals surface area contributed by atoms with Gasteiger partial charge in [0.1, 0.15) is 5.82 Å². The Labute approximate surface area is 111 Å². The van der Waals surface area contributed by atoms with E-state index in [0.29, 0.717) is 23.6 Å². The maximum absolute atomic E-state index is 12.0. The normalized spacial score (nSPS) is 10.2. The maximum Gasteiger partial charge on any atom is 0.253 e. The molecule has 2 rings (SSSR count). The van der Waals surface area contributed by atoms with Crippen LogP contribution in [0.4, 0.5) is 5.69 Å². The van der Waals surface area contributed by atoms with Gasteiger partial charge in [0.2, 0.25) is 0 Å². The number of hydrogen-bond acceptors (Lipinski definition) is 4. The molecule has 3 N–H and O–H groups in total. The molecule has 0 spiro atoms.